The van der Waals surface area contributed by atoms with Crippen LogP contribution < -0.4 is 15.4 Å². The van der Waals surface area contributed by atoms with Gasteiger partial charge in [0.05, 0.1) is 0 Å². The van der Waals surface area contributed by atoms with Crippen LogP contribution in [0.2, 0.25) is 0 Å². The molecule has 24 heavy (non-hydrogen) atoms. The normalized spacial score (nSPS) is 11.6. The fourth-order valence-electron chi connectivity index (χ4n) is 1.77. The third-order valence-electron chi connectivity index (χ3n) is 2.85. The number of hydrogen-bond donors (Lipinski definition) is 2. The molecule has 1 aromatic rings. The van der Waals surface area contributed by atoms with Crippen LogP contribution in [0.15, 0.2) is 29.3 Å². The summed E-state index contributed by atoms with van der Waals surface area (Å²) in [5.74, 6) is 0.763. The minimum absolute atomic E-state index is 0. The van der Waals surface area contributed by atoms with E-state index in [-0.39, 0.29) is 29.7 Å². The van der Waals surface area contributed by atoms with Gasteiger partial charge in [-0.25, -0.2) is 0 Å². The maximum atomic E-state index is 12.3. The van der Waals surface area contributed by atoms with E-state index >= 15 is 0 Å². The van der Waals surface area contributed by atoms with Crippen molar-refractivity contribution < 1.29 is 22.6 Å². The van der Waals surface area contributed by atoms with Gasteiger partial charge in [-0.3, -0.25) is 4.99 Å². The number of guanidine groups is 1. The molecule has 0 aromatic heterocycles. The van der Waals surface area contributed by atoms with Crippen LogP contribution in [0.1, 0.15) is 12.0 Å². The molecule has 2 N–H and O–H groups in total. The lowest BCUT2D eigenvalue weighted by atomic mass is 10.2. The summed E-state index contributed by atoms with van der Waals surface area (Å²) in [6.07, 6.45) is -3.54. The molecule has 0 fully saturated rings. The van der Waals surface area contributed by atoms with Gasteiger partial charge in [0.2, 0.25) is 0 Å². The first kappa shape index (κ1) is 22.8. The molecule has 0 spiro atoms. The first-order valence-corrected chi connectivity index (χ1v) is 7.17. The summed E-state index contributed by atoms with van der Waals surface area (Å²) in [6, 6.07) is 6.59. The largest absolute Gasteiger partial charge is 0.484 e. The smallest absolute Gasteiger partial charge is 0.422 e. The van der Waals surface area contributed by atoms with Crippen LogP contribution >= 0.6 is 24.0 Å². The van der Waals surface area contributed by atoms with Gasteiger partial charge in [-0.15, -0.1) is 24.0 Å². The highest BCUT2D eigenvalue weighted by atomic mass is 127. The van der Waals surface area contributed by atoms with Crippen molar-refractivity contribution in [1.82, 2.24) is 10.6 Å². The molecule has 0 aliphatic rings. The monoisotopic (exact) mass is 461 g/mol. The maximum absolute atomic E-state index is 12.3. The van der Waals surface area contributed by atoms with Gasteiger partial charge in [0.15, 0.2) is 12.6 Å². The van der Waals surface area contributed by atoms with Crippen molar-refractivity contribution in [2.75, 3.05) is 33.9 Å². The number of hydrogen-bond acceptors (Lipinski definition) is 3. The summed E-state index contributed by atoms with van der Waals surface area (Å²) < 4.78 is 46.6. The first-order valence-electron chi connectivity index (χ1n) is 7.17. The van der Waals surface area contributed by atoms with Gasteiger partial charge >= 0.3 is 6.18 Å². The summed E-state index contributed by atoms with van der Waals surface area (Å²) in [5.41, 5.74) is 0.622. The summed E-state index contributed by atoms with van der Waals surface area (Å²) in [5, 5.41) is 6.13. The second-order valence-corrected chi connectivity index (χ2v) is 4.71. The third-order valence-corrected chi connectivity index (χ3v) is 2.85. The van der Waals surface area contributed by atoms with E-state index in [9.17, 15) is 13.2 Å². The van der Waals surface area contributed by atoms with E-state index in [0.717, 1.165) is 6.42 Å². The zero-order valence-corrected chi connectivity index (χ0v) is 16.0. The minimum Gasteiger partial charge on any atom is -0.484 e. The van der Waals surface area contributed by atoms with Crippen molar-refractivity contribution in [3.8, 4) is 5.75 Å². The van der Waals surface area contributed by atoms with Crippen molar-refractivity contribution >= 4 is 29.9 Å². The molecular weight excluding hydrogens is 438 g/mol. The van der Waals surface area contributed by atoms with Gasteiger partial charge in [-0.2, -0.15) is 13.2 Å². The average Bonchev–Trinajstić information content (AvgIpc) is 2.52. The van der Waals surface area contributed by atoms with Crippen molar-refractivity contribution in [3.05, 3.63) is 29.8 Å². The lowest BCUT2D eigenvalue weighted by Crippen LogP contribution is -2.37. The minimum atomic E-state index is -4.36. The Kier molecular flexibility index (Phi) is 11.6. The molecular formula is C15H23F3IN3O2. The van der Waals surface area contributed by atoms with Crippen LogP contribution in [0.3, 0.4) is 0 Å². The molecule has 1 rings (SSSR count). The lowest BCUT2D eigenvalue weighted by molar-refractivity contribution is -0.153. The van der Waals surface area contributed by atoms with Crippen LogP contribution in [0.25, 0.3) is 0 Å². The predicted octanol–water partition coefficient (Wildman–Crippen LogP) is 2.95. The molecule has 1 aromatic carbocycles. The SMILES string of the molecule is CN=C(NCCCOC)NCc1ccccc1OCC(F)(F)F.I. The van der Waals surface area contributed by atoms with Gasteiger partial charge < -0.3 is 20.1 Å². The Bertz CT molecular complexity index is 499. The molecule has 0 unspecified atom stereocenters. The molecule has 0 heterocycles. The Morgan fingerprint density at radius 1 is 1.21 bits per heavy atom. The van der Waals surface area contributed by atoms with Crippen molar-refractivity contribution in [2.45, 2.75) is 19.1 Å². The number of para-hydroxylation sites is 1. The summed E-state index contributed by atoms with van der Waals surface area (Å²) >= 11 is 0. The first-order chi connectivity index (χ1) is 11.0. The average molecular weight is 461 g/mol. The lowest BCUT2D eigenvalue weighted by Gasteiger charge is -2.15. The van der Waals surface area contributed by atoms with Crippen LogP contribution in [-0.4, -0.2) is 46.1 Å². The highest BCUT2D eigenvalue weighted by molar-refractivity contribution is 14.0. The van der Waals surface area contributed by atoms with Crippen molar-refractivity contribution in [3.63, 3.8) is 0 Å². The molecule has 0 atom stereocenters. The van der Waals surface area contributed by atoms with E-state index in [2.05, 4.69) is 15.6 Å². The molecule has 0 aliphatic carbocycles. The highest BCUT2D eigenvalue weighted by Gasteiger charge is 2.28. The summed E-state index contributed by atoms with van der Waals surface area (Å²) in [7, 11) is 3.25. The fourth-order valence-corrected chi connectivity index (χ4v) is 1.77. The Labute approximate surface area is 157 Å². The Morgan fingerprint density at radius 3 is 2.54 bits per heavy atom. The molecule has 0 bridgehead atoms. The summed E-state index contributed by atoms with van der Waals surface area (Å²) in [6.45, 7) is 0.309. The second kappa shape index (κ2) is 12.2. The number of halogens is 4. The number of ether oxygens (including phenoxy) is 2. The number of rotatable bonds is 8. The number of benzene rings is 1. The predicted molar refractivity (Wildman–Crippen MR) is 98.1 cm³/mol. The number of aliphatic imine (C=N–C) groups is 1. The zero-order valence-electron chi connectivity index (χ0n) is 13.7. The maximum Gasteiger partial charge on any atom is 0.422 e. The van der Waals surface area contributed by atoms with Gasteiger partial charge in [-0.1, -0.05) is 18.2 Å². The van der Waals surface area contributed by atoms with Crippen LogP contribution in [0, 0.1) is 0 Å². The Morgan fingerprint density at radius 2 is 1.92 bits per heavy atom. The highest BCUT2D eigenvalue weighted by Crippen LogP contribution is 2.21. The molecule has 138 valence electrons. The number of nitrogens with zero attached hydrogens (tertiary/aromatic N) is 1. The summed E-state index contributed by atoms with van der Waals surface area (Å²) in [4.78, 5) is 4.05. The van der Waals surface area contributed by atoms with Crippen LogP contribution in [0.4, 0.5) is 13.2 Å². The third kappa shape index (κ3) is 9.81. The van der Waals surface area contributed by atoms with E-state index in [1.807, 2.05) is 0 Å². The molecule has 9 heteroatoms. The van der Waals surface area contributed by atoms with E-state index in [1.54, 1.807) is 32.4 Å². The zero-order chi connectivity index (χ0) is 17.1. The van der Waals surface area contributed by atoms with E-state index in [1.165, 1.54) is 6.07 Å². The standard InChI is InChI=1S/C15H22F3N3O2.HI/c1-19-14(20-8-5-9-22-2)21-10-12-6-3-4-7-13(12)23-11-15(16,17)18;/h3-4,6-7H,5,8-11H2,1-2H3,(H2,19,20,21);1H. The Hall–Kier alpha value is -1.23. The van der Waals surface area contributed by atoms with Gasteiger partial charge in [-0.05, 0) is 12.5 Å². The van der Waals surface area contributed by atoms with Crippen molar-refractivity contribution in [2.24, 2.45) is 4.99 Å². The number of alkyl halides is 3. The second-order valence-electron chi connectivity index (χ2n) is 4.71. The molecule has 5 nitrogen and oxygen atoms in total. The van der Waals surface area contributed by atoms with Crippen molar-refractivity contribution in [1.29, 1.82) is 0 Å². The van der Waals surface area contributed by atoms with Gasteiger partial charge in [0.1, 0.15) is 5.75 Å². The van der Waals surface area contributed by atoms with Gasteiger partial charge in [0, 0.05) is 39.4 Å². The number of methoxy groups -OCH3 is 1. The number of nitrogens with one attached hydrogen (secondary N) is 2. The molecule has 0 aliphatic heterocycles. The quantitative estimate of drug-likeness (QED) is 0.271. The fraction of sp³-hybridized carbons (Fsp3) is 0.533. The van der Waals surface area contributed by atoms with E-state index in [0.29, 0.717) is 31.2 Å². The van der Waals surface area contributed by atoms with Gasteiger partial charge in [0.25, 0.3) is 0 Å². The van der Waals surface area contributed by atoms with E-state index < -0.39 is 12.8 Å². The van der Waals surface area contributed by atoms with Crippen LogP contribution in [-0.2, 0) is 11.3 Å². The topological polar surface area (TPSA) is 54.9 Å². The van der Waals surface area contributed by atoms with Crippen LogP contribution in [0.5, 0.6) is 5.75 Å². The van der Waals surface area contributed by atoms with E-state index in [4.69, 9.17) is 9.47 Å². The molecule has 0 radical (unpaired) electrons. The molecule has 0 saturated carbocycles. The Balaban J connectivity index is 0.00000529. The molecule has 0 saturated heterocycles. The molecule has 0 amide bonds.